The average Bonchev–Trinajstić information content (AvgIpc) is 3.39. The lowest BCUT2D eigenvalue weighted by Gasteiger charge is -2.38. The van der Waals surface area contributed by atoms with E-state index in [0.717, 1.165) is 39.6 Å². The maximum Gasteiger partial charge on any atom is 0.223 e. The lowest BCUT2D eigenvalue weighted by atomic mass is 9.86. The largest absolute Gasteiger partial charge is 0.508 e. The van der Waals surface area contributed by atoms with Crippen LogP contribution in [-0.4, -0.2) is 81.8 Å². The minimum absolute atomic E-state index is 0.0267. The van der Waals surface area contributed by atoms with Gasteiger partial charge in [0.1, 0.15) is 5.75 Å². The van der Waals surface area contributed by atoms with Gasteiger partial charge in [-0.15, -0.1) is 11.3 Å². The van der Waals surface area contributed by atoms with Crippen LogP contribution in [0.25, 0.3) is 21.6 Å². The normalized spacial score (nSPS) is 17.6. The molecule has 0 atom stereocenters. The van der Waals surface area contributed by atoms with E-state index >= 15 is 0 Å². The number of aromatic nitrogens is 2. The highest BCUT2D eigenvalue weighted by Crippen LogP contribution is 2.37. The third-order valence-corrected chi connectivity index (χ3v) is 8.82. The van der Waals surface area contributed by atoms with Gasteiger partial charge < -0.3 is 24.7 Å². The summed E-state index contributed by atoms with van der Waals surface area (Å²) in [7, 11) is 0. The fourth-order valence-electron chi connectivity index (χ4n) is 5.29. The minimum Gasteiger partial charge on any atom is -0.508 e. The Hall–Kier alpha value is -3.34. The number of allylic oxidation sites excluding steroid dienone is 2. The molecule has 2 aromatic heterocycles. The maximum absolute atomic E-state index is 12.5. The van der Waals surface area contributed by atoms with E-state index in [2.05, 4.69) is 11.0 Å². The molecule has 2 aliphatic rings. The van der Waals surface area contributed by atoms with Crippen molar-refractivity contribution in [3.8, 4) is 17.1 Å². The van der Waals surface area contributed by atoms with Crippen LogP contribution in [-0.2, 0) is 20.7 Å². The van der Waals surface area contributed by atoms with Crippen LogP contribution in [0.4, 0.5) is 5.82 Å². The van der Waals surface area contributed by atoms with Crippen molar-refractivity contribution in [3.63, 3.8) is 0 Å². The zero-order valence-corrected chi connectivity index (χ0v) is 23.7. The van der Waals surface area contributed by atoms with Gasteiger partial charge in [0.05, 0.1) is 29.0 Å². The Kier molecular flexibility index (Phi) is 8.78. The van der Waals surface area contributed by atoms with Crippen molar-refractivity contribution in [1.82, 2.24) is 14.9 Å². The molecule has 0 radical (unpaired) electrons. The molecular formula is C30H36N4O5S. The Morgan fingerprint density at radius 3 is 2.60 bits per heavy atom. The van der Waals surface area contributed by atoms with Crippen LogP contribution >= 0.6 is 11.3 Å². The topological polar surface area (TPSA) is 116 Å². The lowest BCUT2D eigenvalue weighted by molar-refractivity contribution is -0.136. The number of amides is 1. The molecule has 5 rings (SSSR count). The quantitative estimate of drug-likeness (QED) is 0.373. The molecule has 0 unspecified atom stereocenters. The van der Waals surface area contributed by atoms with E-state index in [9.17, 15) is 19.8 Å². The second-order valence-electron chi connectivity index (χ2n) is 10.5. The van der Waals surface area contributed by atoms with Gasteiger partial charge in [0.25, 0.3) is 0 Å². The van der Waals surface area contributed by atoms with Gasteiger partial charge in [-0.2, -0.15) is 0 Å². The Morgan fingerprint density at radius 2 is 1.88 bits per heavy atom. The monoisotopic (exact) mass is 564 g/mol. The van der Waals surface area contributed by atoms with E-state index in [1.807, 2.05) is 6.07 Å². The number of aliphatic hydroxyl groups is 1. The SMILES string of the molecule is CC=CC(=O)CCC(=O)N1CCC(O)(CCc2cc3nc(-c4cccc(O)c4)nc(N4CCOCC4)c3s2)CC1. The molecule has 40 heavy (non-hydrogen) atoms. The van der Waals surface area contributed by atoms with Gasteiger partial charge in [-0.25, -0.2) is 9.97 Å². The number of aromatic hydroxyl groups is 1. The maximum atomic E-state index is 12.5. The third kappa shape index (κ3) is 6.68. The van der Waals surface area contributed by atoms with Crippen LogP contribution in [0.15, 0.2) is 42.5 Å². The molecule has 0 aliphatic carbocycles. The molecular weight excluding hydrogens is 528 g/mol. The predicted molar refractivity (Wildman–Crippen MR) is 156 cm³/mol. The molecule has 9 nitrogen and oxygen atoms in total. The Morgan fingerprint density at radius 1 is 1.10 bits per heavy atom. The molecule has 1 aromatic carbocycles. The summed E-state index contributed by atoms with van der Waals surface area (Å²) in [5.74, 6) is 1.55. The zero-order chi connectivity index (χ0) is 28.1. The summed E-state index contributed by atoms with van der Waals surface area (Å²) in [4.78, 5) is 39.1. The standard InChI is InChI=1S/C30H36N4O5S/c1-2-4-22(35)7-8-26(37)33-13-11-30(38,12-14-33)10-9-24-20-25-27(40-24)29(34-15-17-39-18-16-34)32-28(31-25)21-5-3-6-23(36)19-21/h2-6,19-20,36,38H,7-18H2,1H3. The van der Waals surface area contributed by atoms with Crippen molar-refractivity contribution in [2.24, 2.45) is 0 Å². The Bertz CT molecular complexity index is 1390. The van der Waals surface area contributed by atoms with E-state index in [0.29, 0.717) is 57.8 Å². The number of rotatable bonds is 9. The summed E-state index contributed by atoms with van der Waals surface area (Å²) in [6, 6.07) is 9.06. The Labute approximate surface area is 238 Å². The van der Waals surface area contributed by atoms with Crippen molar-refractivity contribution in [2.45, 2.75) is 51.0 Å². The van der Waals surface area contributed by atoms with Crippen molar-refractivity contribution in [1.29, 1.82) is 0 Å². The van der Waals surface area contributed by atoms with Crippen molar-refractivity contribution in [3.05, 3.63) is 47.4 Å². The number of aryl methyl sites for hydroxylation is 1. The fraction of sp³-hybridized carbons (Fsp3) is 0.467. The first-order chi connectivity index (χ1) is 19.3. The lowest BCUT2D eigenvalue weighted by Crippen LogP contribution is -2.46. The van der Waals surface area contributed by atoms with Gasteiger partial charge in [0.15, 0.2) is 17.4 Å². The summed E-state index contributed by atoms with van der Waals surface area (Å²) in [5.41, 5.74) is 0.778. The van der Waals surface area contributed by atoms with E-state index in [1.165, 1.54) is 6.08 Å². The Balaban J connectivity index is 1.28. The number of nitrogens with zero attached hydrogens (tertiary/aromatic N) is 4. The number of hydrogen-bond acceptors (Lipinski definition) is 9. The van der Waals surface area contributed by atoms with Gasteiger partial charge in [-0.1, -0.05) is 18.2 Å². The van der Waals surface area contributed by atoms with Gasteiger partial charge >= 0.3 is 0 Å². The minimum atomic E-state index is -0.834. The number of ether oxygens (including phenoxy) is 1. The highest BCUT2D eigenvalue weighted by atomic mass is 32.1. The highest BCUT2D eigenvalue weighted by Gasteiger charge is 2.34. The smallest absolute Gasteiger partial charge is 0.223 e. The predicted octanol–water partition coefficient (Wildman–Crippen LogP) is 4.11. The first kappa shape index (κ1) is 28.2. The van der Waals surface area contributed by atoms with E-state index in [1.54, 1.807) is 47.4 Å². The summed E-state index contributed by atoms with van der Waals surface area (Å²) in [6.45, 7) is 5.57. The number of fused-ring (bicyclic) bond motifs is 1. The number of benzene rings is 1. The number of likely N-dealkylation sites (tertiary alicyclic amines) is 1. The highest BCUT2D eigenvalue weighted by molar-refractivity contribution is 7.19. The molecule has 1 amide bonds. The van der Waals surface area contributed by atoms with E-state index in [-0.39, 0.29) is 30.3 Å². The van der Waals surface area contributed by atoms with Crippen molar-refractivity contribution >= 4 is 39.1 Å². The van der Waals surface area contributed by atoms with Crippen LogP contribution in [0.1, 0.15) is 43.9 Å². The van der Waals surface area contributed by atoms with E-state index in [4.69, 9.17) is 14.7 Å². The zero-order valence-electron chi connectivity index (χ0n) is 22.8. The summed E-state index contributed by atoms with van der Waals surface area (Å²) >= 11 is 1.66. The summed E-state index contributed by atoms with van der Waals surface area (Å²) in [6.07, 6.45) is 5.96. The molecule has 0 saturated carbocycles. The average molecular weight is 565 g/mol. The van der Waals surface area contributed by atoms with Gasteiger partial charge in [0.2, 0.25) is 5.91 Å². The number of phenols is 1. The van der Waals surface area contributed by atoms with Crippen LogP contribution in [0, 0.1) is 0 Å². The summed E-state index contributed by atoms with van der Waals surface area (Å²) in [5, 5.41) is 21.3. The number of hydrogen-bond donors (Lipinski definition) is 2. The van der Waals surface area contributed by atoms with E-state index < -0.39 is 5.60 Å². The number of carbonyl (C=O) groups is 2. The first-order valence-electron chi connectivity index (χ1n) is 13.9. The van der Waals surface area contributed by atoms with Gasteiger partial charge in [-0.05, 0) is 56.9 Å². The van der Waals surface area contributed by atoms with Crippen LogP contribution in [0.3, 0.4) is 0 Å². The molecule has 10 heteroatoms. The molecule has 3 aromatic rings. The molecule has 4 heterocycles. The van der Waals surface area contributed by atoms with Gasteiger partial charge in [0, 0.05) is 49.5 Å². The van der Waals surface area contributed by atoms with Crippen molar-refractivity contribution in [2.75, 3.05) is 44.3 Å². The molecule has 2 fully saturated rings. The number of piperidine rings is 1. The first-order valence-corrected chi connectivity index (χ1v) is 14.7. The molecule has 2 N–H and O–H groups in total. The van der Waals surface area contributed by atoms with Crippen molar-refractivity contribution < 1.29 is 24.5 Å². The second kappa shape index (κ2) is 12.4. The van der Waals surface area contributed by atoms with Crippen LogP contribution < -0.4 is 4.90 Å². The number of ketones is 1. The van der Waals surface area contributed by atoms with Gasteiger partial charge in [-0.3, -0.25) is 9.59 Å². The summed E-state index contributed by atoms with van der Waals surface area (Å²) < 4.78 is 6.57. The van der Waals surface area contributed by atoms with Crippen LogP contribution in [0.2, 0.25) is 0 Å². The molecule has 212 valence electrons. The number of thiophene rings is 1. The third-order valence-electron chi connectivity index (χ3n) is 7.64. The molecule has 0 bridgehead atoms. The fourth-order valence-corrected chi connectivity index (χ4v) is 6.40. The number of morpholine rings is 1. The molecule has 2 saturated heterocycles. The number of phenolic OH excluding ortho intramolecular Hbond substituents is 1. The molecule has 2 aliphatic heterocycles. The number of anilines is 1. The molecule has 0 spiro atoms. The number of carbonyl (C=O) groups excluding carboxylic acids is 2. The second-order valence-corrected chi connectivity index (χ2v) is 11.7. The van der Waals surface area contributed by atoms with Crippen LogP contribution in [0.5, 0.6) is 5.75 Å².